The fourth-order valence-electron chi connectivity index (χ4n) is 10.7. The highest BCUT2D eigenvalue weighted by molar-refractivity contribution is 5.80. The standard InChI is InChI=1S/C62H123NO10/c1-3-5-7-9-11-13-15-17-19-21-23-24-25-26-27-28-29-30-32-33-35-37-39-41-43-45-47-49-54(65)57(67)53(52-72-62-60(70)59(69)58(68)56(51-64)73-62)63-61(71)55(66)50-48-46-44-42-40-38-36-34-31-22-20-18-16-14-12-10-8-6-4-2/h53-60,62,64-70H,3-52H2,1-2H3,(H,63,71). The quantitative estimate of drug-likeness (QED) is 0.0272. The van der Waals surface area contributed by atoms with Gasteiger partial charge in [0.25, 0.3) is 0 Å². The van der Waals surface area contributed by atoms with Gasteiger partial charge in [0.1, 0.15) is 36.6 Å². The summed E-state index contributed by atoms with van der Waals surface area (Å²) in [6.45, 7) is 3.51. The van der Waals surface area contributed by atoms with Gasteiger partial charge in [0, 0.05) is 0 Å². The molecule has 8 N–H and O–H groups in total. The third-order valence-corrected chi connectivity index (χ3v) is 15.9. The second-order valence-corrected chi connectivity index (χ2v) is 22.9. The molecule has 1 aliphatic heterocycles. The first kappa shape index (κ1) is 70.1. The van der Waals surface area contributed by atoms with Crippen LogP contribution in [0.25, 0.3) is 0 Å². The van der Waals surface area contributed by atoms with Gasteiger partial charge in [-0.25, -0.2) is 0 Å². The monoisotopic (exact) mass is 1040 g/mol. The molecule has 73 heavy (non-hydrogen) atoms. The minimum atomic E-state index is -1.66. The molecule has 0 aromatic carbocycles. The normalized spacial score (nSPS) is 19.8. The average molecular weight is 1040 g/mol. The topological polar surface area (TPSA) is 189 Å². The Bertz CT molecular complexity index is 1150. The Morgan fingerprint density at radius 2 is 0.712 bits per heavy atom. The van der Waals surface area contributed by atoms with Crippen molar-refractivity contribution in [3.05, 3.63) is 0 Å². The molecule has 11 heteroatoms. The second-order valence-electron chi connectivity index (χ2n) is 22.9. The zero-order valence-electron chi connectivity index (χ0n) is 47.9. The van der Waals surface area contributed by atoms with E-state index in [4.69, 9.17) is 9.47 Å². The van der Waals surface area contributed by atoms with Gasteiger partial charge in [-0.1, -0.05) is 309 Å². The molecule has 0 aliphatic carbocycles. The summed E-state index contributed by atoms with van der Waals surface area (Å²) in [5, 5.41) is 76.3. The molecular formula is C62H123NO10. The van der Waals surface area contributed by atoms with Gasteiger partial charge in [-0.2, -0.15) is 0 Å². The van der Waals surface area contributed by atoms with Gasteiger partial charge in [-0.05, 0) is 12.8 Å². The summed E-state index contributed by atoms with van der Waals surface area (Å²) in [7, 11) is 0. The summed E-state index contributed by atoms with van der Waals surface area (Å²) in [4.78, 5) is 13.2. The summed E-state index contributed by atoms with van der Waals surface area (Å²) in [6, 6.07) is -1.16. The largest absolute Gasteiger partial charge is 0.394 e. The molecule has 11 nitrogen and oxygen atoms in total. The van der Waals surface area contributed by atoms with Gasteiger partial charge in [0.05, 0.1) is 25.4 Å². The lowest BCUT2D eigenvalue weighted by Gasteiger charge is -2.40. The molecule has 1 fully saturated rings. The molecule has 0 aromatic heterocycles. The van der Waals surface area contributed by atoms with Crippen LogP contribution in [0, 0.1) is 0 Å². The van der Waals surface area contributed by atoms with Crippen LogP contribution in [0.4, 0.5) is 0 Å². The molecule has 1 heterocycles. The molecule has 436 valence electrons. The van der Waals surface area contributed by atoms with Gasteiger partial charge in [-0.3, -0.25) is 4.79 Å². The molecule has 0 aromatic rings. The average Bonchev–Trinajstić information content (AvgIpc) is 3.39. The smallest absolute Gasteiger partial charge is 0.249 e. The van der Waals surface area contributed by atoms with E-state index in [1.54, 1.807) is 0 Å². The van der Waals surface area contributed by atoms with Crippen molar-refractivity contribution in [3.8, 4) is 0 Å². The predicted molar refractivity (Wildman–Crippen MR) is 303 cm³/mol. The Morgan fingerprint density at radius 1 is 0.425 bits per heavy atom. The molecule has 0 saturated carbocycles. The molecular weight excluding hydrogens is 919 g/mol. The maximum Gasteiger partial charge on any atom is 0.249 e. The molecule has 0 bridgehead atoms. The fraction of sp³-hybridized carbons (Fsp3) is 0.984. The van der Waals surface area contributed by atoms with Crippen molar-refractivity contribution in [1.82, 2.24) is 5.32 Å². The van der Waals surface area contributed by atoms with Crippen molar-refractivity contribution in [2.75, 3.05) is 13.2 Å². The highest BCUT2D eigenvalue weighted by Crippen LogP contribution is 2.24. The number of carbonyl (C=O) groups excluding carboxylic acids is 1. The fourth-order valence-corrected chi connectivity index (χ4v) is 10.7. The van der Waals surface area contributed by atoms with Crippen molar-refractivity contribution in [3.63, 3.8) is 0 Å². The first-order valence-electron chi connectivity index (χ1n) is 31.9. The molecule has 1 aliphatic rings. The van der Waals surface area contributed by atoms with Crippen molar-refractivity contribution in [2.45, 2.75) is 377 Å². The summed E-state index contributed by atoms with van der Waals surface area (Å²) in [5.41, 5.74) is 0. The van der Waals surface area contributed by atoms with E-state index in [1.165, 1.54) is 244 Å². The lowest BCUT2D eigenvalue weighted by atomic mass is 9.98. The van der Waals surface area contributed by atoms with Crippen molar-refractivity contribution in [2.24, 2.45) is 0 Å². The number of hydrogen-bond donors (Lipinski definition) is 8. The molecule has 9 atom stereocenters. The second kappa shape index (κ2) is 51.8. The van der Waals surface area contributed by atoms with E-state index in [-0.39, 0.29) is 6.42 Å². The third kappa shape index (κ3) is 40.0. The maximum atomic E-state index is 13.2. The van der Waals surface area contributed by atoms with Crippen LogP contribution in [-0.2, 0) is 14.3 Å². The molecule has 9 unspecified atom stereocenters. The highest BCUT2D eigenvalue weighted by atomic mass is 16.7. The van der Waals surface area contributed by atoms with E-state index >= 15 is 0 Å². The molecule has 0 spiro atoms. The Hall–Kier alpha value is -0.890. The van der Waals surface area contributed by atoms with Crippen LogP contribution < -0.4 is 5.32 Å². The molecule has 1 saturated heterocycles. The van der Waals surface area contributed by atoms with E-state index in [0.717, 1.165) is 38.5 Å². The Morgan fingerprint density at radius 3 is 1.01 bits per heavy atom. The summed E-state index contributed by atoms with van der Waals surface area (Å²) in [5.74, 6) is -0.688. The SMILES string of the molecule is CCCCCCCCCCCCCCCCCCCCCCCCCCCCCC(O)C(O)C(COC1OC(CO)C(O)C(O)C1O)NC(=O)C(O)CCCCCCCCCCCCCCCCCCCCC. The lowest BCUT2D eigenvalue weighted by molar-refractivity contribution is -0.303. The summed E-state index contributed by atoms with van der Waals surface area (Å²) < 4.78 is 11.2. The molecule has 1 rings (SSSR count). The number of aliphatic hydroxyl groups excluding tert-OH is 7. The zero-order chi connectivity index (χ0) is 53.3. The van der Waals surface area contributed by atoms with E-state index < -0.39 is 74.2 Å². The van der Waals surface area contributed by atoms with Crippen LogP contribution in [0.3, 0.4) is 0 Å². The Labute approximate surface area is 449 Å². The molecule has 1 amide bonds. The first-order chi connectivity index (χ1) is 35.7. The number of amides is 1. The lowest BCUT2D eigenvalue weighted by Crippen LogP contribution is -2.60. The van der Waals surface area contributed by atoms with E-state index in [9.17, 15) is 40.5 Å². The third-order valence-electron chi connectivity index (χ3n) is 15.9. The van der Waals surface area contributed by atoms with Gasteiger partial charge in [-0.15, -0.1) is 0 Å². The first-order valence-corrected chi connectivity index (χ1v) is 31.9. The number of carbonyl (C=O) groups is 1. The minimum Gasteiger partial charge on any atom is -0.394 e. The summed E-state index contributed by atoms with van der Waals surface area (Å²) >= 11 is 0. The van der Waals surface area contributed by atoms with Crippen molar-refractivity contribution >= 4 is 5.91 Å². The van der Waals surface area contributed by atoms with Gasteiger partial charge < -0.3 is 50.5 Å². The van der Waals surface area contributed by atoms with Crippen molar-refractivity contribution < 1.29 is 50.0 Å². The maximum absolute atomic E-state index is 13.2. The van der Waals surface area contributed by atoms with E-state index in [0.29, 0.717) is 19.3 Å². The van der Waals surface area contributed by atoms with E-state index in [2.05, 4.69) is 19.2 Å². The minimum absolute atomic E-state index is 0.267. The van der Waals surface area contributed by atoms with Crippen LogP contribution >= 0.6 is 0 Å². The van der Waals surface area contributed by atoms with Crippen LogP contribution in [0.5, 0.6) is 0 Å². The number of ether oxygens (including phenoxy) is 2. The molecule has 0 radical (unpaired) electrons. The van der Waals surface area contributed by atoms with Crippen molar-refractivity contribution in [1.29, 1.82) is 0 Å². The van der Waals surface area contributed by atoms with Gasteiger partial charge in [0.2, 0.25) is 5.91 Å². The number of aliphatic hydroxyl groups is 7. The number of rotatable bonds is 56. The van der Waals surface area contributed by atoms with Crippen LogP contribution in [0.15, 0.2) is 0 Å². The van der Waals surface area contributed by atoms with Crippen LogP contribution in [-0.4, -0.2) is 110 Å². The number of nitrogens with one attached hydrogen (secondary N) is 1. The van der Waals surface area contributed by atoms with E-state index in [1.807, 2.05) is 0 Å². The Balaban J connectivity index is 2.23. The van der Waals surface area contributed by atoms with Gasteiger partial charge >= 0.3 is 0 Å². The highest BCUT2D eigenvalue weighted by Gasteiger charge is 2.44. The summed E-state index contributed by atoms with van der Waals surface area (Å²) in [6.07, 6.45) is 48.8. The predicted octanol–water partition coefficient (Wildman–Crippen LogP) is 14.1. The Kier molecular flexibility index (Phi) is 49.8. The van der Waals surface area contributed by atoms with Gasteiger partial charge in [0.15, 0.2) is 6.29 Å². The van der Waals surface area contributed by atoms with Crippen LogP contribution in [0.1, 0.15) is 322 Å². The van der Waals surface area contributed by atoms with Crippen LogP contribution in [0.2, 0.25) is 0 Å². The zero-order valence-corrected chi connectivity index (χ0v) is 47.9. The number of unbranched alkanes of at least 4 members (excludes halogenated alkanes) is 44. The number of hydrogen-bond acceptors (Lipinski definition) is 10.